The molecule has 0 saturated heterocycles. The fourth-order valence-electron chi connectivity index (χ4n) is 3.16. The Bertz CT molecular complexity index is 473. The number of rotatable bonds is 18. The standard InChI is InChI=1S/C21H43N5O3/c1-5-7-9-13-16(19(22)27)25-21(29)18(14-10-11-15-23-3)26-20(28)17(24-4)12-8-6-2/h16-18,23-24H,5-15H2,1-4H3,(H2,22,27)(H,25,29)(H,26,28). The van der Waals surface area contributed by atoms with Crippen LogP contribution in [0.15, 0.2) is 0 Å². The third-order valence-electron chi connectivity index (χ3n) is 5.07. The quantitative estimate of drug-likeness (QED) is 0.216. The molecule has 0 fully saturated rings. The Balaban J connectivity index is 5.02. The first-order chi connectivity index (χ1) is 13.9. The second-order valence-corrected chi connectivity index (χ2v) is 7.60. The first-order valence-electron chi connectivity index (χ1n) is 11.1. The van der Waals surface area contributed by atoms with Gasteiger partial charge in [-0.25, -0.2) is 0 Å². The van der Waals surface area contributed by atoms with Crippen molar-refractivity contribution in [3.8, 4) is 0 Å². The van der Waals surface area contributed by atoms with Gasteiger partial charge in [0.15, 0.2) is 0 Å². The van der Waals surface area contributed by atoms with Crippen LogP contribution in [0.3, 0.4) is 0 Å². The zero-order valence-electron chi connectivity index (χ0n) is 18.8. The Kier molecular flexibility index (Phi) is 16.2. The lowest BCUT2D eigenvalue weighted by molar-refractivity contribution is -0.132. The average Bonchev–Trinajstić information content (AvgIpc) is 2.69. The van der Waals surface area contributed by atoms with Crippen LogP contribution >= 0.6 is 0 Å². The summed E-state index contributed by atoms with van der Waals surface area (Å²) in [6, 6.07) is -1.71. The summed E-state index contributed by atoms with van der Waals surface area (Å²) in [6.07, 6.45) is 8.19. The molecule has 0 heterocycles. The van der Waals surface area contributed by atoms with Crippen LogP contribution in [0.5, 0.6) is 0 Å². The van der Waals surface area contributed by atoms with E-state index in [1.807, 2.05) is 7.05 Å². The van der Waals surface area contributed by atoms with Gasteiger partial charge in [-0.3, -0.25) is 14.4 Å². The second-order valence-electron chi connectivity index (χ2n) is 7.60. The molecule has 3 unspecified atom stereocenters. The maximum atomic E-state index is 12.8. The summed E-state index contributed by atoms with van der Waals surface area (Å²) in [7, 11) is 3.63. The van der Waals surface area contributed by atoms with E-state index in [-0.39, 0.29) is 17.9 Å². The highest BCUT2D eigenvalue weighted by Crippen LogP contribution is 2.07. The average molecular weight is 414 g/mol. The summed E-state index contributed by atoms with van der Waals surface area (Å²) < 4.78 is 0. The van der Waals surface area contributed by atoms with Gasteiger partial charge in [0.05, 0.1) is 6.04 Å². The molecule has 0 aromatic carbocycles. The second kappa shape index (κ2) is 17.2. The molecule has 29 heavy (non-hydrogen) atoms. The van der Waals surface area contributed by atoms with Crippen LogP contribution in [-0.4, -0.2) is 56.5 Å². The van der Waals surface area contributed by atoms with Crippen LogP contribution in [0.4, 0.5) is 0 Å². The van der Waals surface area contributed by atoms with Gasteiger partial charge in [-0.15, -0.1) is 0 Å². The minimum atomic E-state index is -0.703. The van der Waals surface area contributed by atoms with Gasteiger partial charge < -0.3 is 27.0 Å². The topological polar surface area (TPSA) is 125 Å². The molecule has 0 aliphatic rings. The summed E-state index contributed by atoms with van der Waals surface area (Å²) in [5, 5.41) is 11.7. The van der Waals surface area contributed by atoms with Gasteiger partial charge >= 0.3 is 0 Å². The molecule has 0 radical (unpaired) electrons. The molecule has 6 N–H and O–H groups in total. The third-order valence-corrected chi connectivity index (χ3v) is 5.07. The van der Waals surface area contributed by atoms with Crippen LogP contribution in [0.2, 0.25) is 0 Å². The van der Waals surface area contributed by atoms with Crippen molar-refractivity contribution in [2.45, 2.75) is 96.2 Å². The number of carbonyl (C=O) groups is 3. The molecule has 0 aliphatic carbocycles. The van der Waals surface area contributed by atoms with Gasteiger partial charge in [-0.05, 0) is 52.7 Å². The van der Waals surface area contributed by atoms with Crippen molar-refractivity contribution in [3.05, 3.63) is 0 Å². The predicted octanol–water partition coefficient (Wildman–Crippen LogP) is 1.19. The van der Waals surface area contributed by atoms with Crippen molar-refractivity contribution in [1.82, 2.24) is 21.3 Å². The van der Waals surface area contributed by atoms with Crippen LogP contribution in [0, 0.1) is 0 Å². The number of likely N-dealkylation sites (N-methyl/N-ethyl adjacent to an activating group) is 1. The largest absolute Gasteiger partial charge is 0.368 e. The number of hydrogen-bond acceptors (Lipinski definition) is 5. The van der Waals surface area contributed by atoms with Crippen molar-refractivity contribution in [2.24, 2.45) is 5.73 Å². The molecule has 170 valence electrons. The Morgan fingerprint density at radius 3 is 1.79 bits per heavy atom. The number of unbranched alkanes of at least 4 members (excludes halogenated alkanes) is 4. The highest BCUT2D eigenvalue weighted by atomic mass is 16.2. The van der Waals surface area contributed by atoms with Gasteiger partial charge in [0.25, 0.3) is 0 Å². The molecule has 8 nitrogen and oxygen atoms in total. The normalized spacial score (nSPS) is 14.1. The Hall–Kier alpha value is -1.67. The fraction of sp³-hybridized carbons (Fsp3) is 0.857. The first kappa shape index (κ1) is 27.3. The Morgan fingerprint density at radius 1 is 0.724 bits per heavy atom. The van der Waals surface area contributed by atoms with Gasteiger partial charge in [-0.1, -0.05) is 46.0 Å². The molecule has 0 aromatic rings. The SMILES string of the molecule is CCCCCC(NC(=O)C(CCCCNC)NC(=O)C(CCCC)NC)C(N)=O. The number of carbonyl (C=O) groups excluding carboxylic acids is 3. The Labute approximate surface area is 176 Å². The first-order valence-corrected chi connectivity index (χ1v) is 11.1. The Morgan fingerprint density at radius 2 is 1.24 bits per heavy atom. The highest BCUT2D eigenvalue weighted by Gasteiger charge is 2.27. The lowest BCUT2D eigenvalue weighted by Gasteiger charge is -2.24. The third kappa shape index (κ3) is 12.5. The van der Waals surface area contributed by atoms with Crippen molar-refractivity contribution >= 4 is 17.7 Å². The zero-order chi connectivity index (χ0) is 22.1. The van der Waals surface area contributed by atoms with E-state index in [4.69, 9.17) is 5.73 Å². The van der Waals surface area contributed by atoms with Crippen LogP contribution in [-0.2, 0) is 14.4 Å². The van der Waals surface area contributed by atoms with Crippen molar-refractivity contribution in [2.75, 3.05) is 20.6 Å². The van der Waals surface area contributed by atoms with Crippen molar-refractivity contribution in [1.29, 1.82) is 0 Å². The lowest BCUT2D eigenvalue weighted by Crippen LogP contribution is -2.55. The molecule has 0 aliphatic heterocycles. The van der Waals surface area contributed by atoms with E-state index < -0.39 is 18.0 Å². The molecule has 0 spiro atoms. The minimum absolute atomic E-state index is 0.184. The smallest absolute Gasteiger partial charge is 0.243 e. The van der Waals surface area contributed by atoms with E-state index in [9.17, 15) is 14.4 Å². The van der Waals surface area contributed by atoms with E-state index in [2.05, 4.69) is 35.1 Å². The monoisotopic (exact) mass is 413 g/mol. The van der Waals surface area contributed by atoms with Gasteiger partial charge in [-0.2, -0.15) is 0 Å². The van der Waals surface area contributed by atoms with Gasteiger partial charge in [0, 0.05) is 0 Å². The summed E-state index contributed by atoms with van der Waals surface area (Å²) in [4.78, 5) is 37.3. The number of amides is 3. The zero-order valence-corrected chi connectivity index (χ0v) is 18.8. The van der Waals surface area contributed by atoms with Gasteiger partial charge in [0.2, 0.25) is 17.7 Å². The molecule has 8 heteroatoms. The van der Waals surface area contributed by atoms with Crippen LogP contribution in [0.1, 0.15) is 78.1 Å². The van der Waals surface area contributed by atoms with E-state index in [1.165, 1.54) is 0 Å². The summed E-state index contributed by atoms with van der Waals surface area (Å²) in [5.41, 5.74) is 5.47. The summed E-state index contributed by atoms with van der Waals surface area (Å²) in [5.74, 6) is -1.06. The molecular weight excluding hydrogens is 370 g/mol. The van der Waals surface area contributed by atoms with E-state index in [0.717, 1.165) is 51.5 Å². The maximum absolute atomic E-state index is 12.8. The molecule has 0 rings (SSSR count). The van der Waals surface area contributed by atoms with Crippen LogP contribution in [0.25, 0.3) is 0 Å². The van der Waals surface area contributed by atoms with E-state index in [0.29, 0.717) is 19.3 Å². The minimum Gasteiger partial charge on any atom is -0.368 e. The molecule has 3 atom stereocenters. The molecular formula is C21H43N5O3. The van der Waals surface area contributed by atoms with E-state index >= 15 is 0 Å². The van der Waals surface area contributed by atoms with Crippen LogP contribution < -0.4 is 27.0 Å². The molecule has 0 saturated carbocycles. The summed E-state index contributed by atoms with van der Waals surface area (Å²) >= 11 is 0. The molecule has 0 aromatic heterocycles. The number of nitrogens with one attached hydrogen (secondary N) is 4. The molecule has 3 amide bonds. The maximum Gasteiger partial charge on any atom is 0.243 e. The number of hydrogen-bond donors (Lipinski definition) is 5. The van der Waals surface area contributed by atoms with E-state index in [1.54, 1.807) is 7.05 Å². The highest BCUT2D eigenvalue weighted by molar-refractivity contribution is 5.92. The number of primary amides is 1. The predicted molar refractivity (Wildman–Crippen MR) is 117 cm³/mol. The van der Waals surface area contributed by atoms with Gasteiger partial charge in [0.1, 0.15) is 12.1 Å². The van der Waals surface area contributed by atoms with Crippen molar-refractivity contribution in [3.63, 3.8) is 0 Å². The summed E-state index contributed by atoms with van der Waals surface area (Å²) in [6.45, 7) is 5.00. The molecule has 0 bridgehead atoms. The lowest BCUT2D eigenvalue weighted by atomic mass is 10.0. The fourth-order valence-corrected chi connectivity index (χ4v) is 3.16. The van der Waals surface area contributed by atoms with Crippen molar-refractivity contribution < 1.29 is 14.4 Å². The number of nitrogens with two attached hydrogens (primary N) is 1.